The summed E-state index contributed by atoms with van der Waals surface area (Å²) in [6.07, 6.45) is 7.11. The molecule has 1 amide bonds. The predicted octanol–water partition coefficient (Wildman–Crippen LogP) is 2.38. The maximum absolute atomic E-state index is 11.9. The molecule has 2 aromatic heterocycles. The lowest BCUT2D eigenvalue weighted by atomic mass is 9.98. The summed E-state index contributed by atoms with van der Waals surface area (Å²) in [4.78, 5) is 18.5. The molecule has 5 nitrogen and oxygen atoms in total. The van der Waals surface area contributed by atoms with Crippen molar-refractivity contribution >= 4 is 22.4 Å². The summed E-state index contributed by atoms with van der Waals surface area (Å²) >= 11 is 1.67. The highest BCUT2D eigenvalue weighted by Crippen LogP contribution is 2.24. The molecule has 2 aromatic rings. The van der Waals surface area contributed by atoms with E-state index in [4.69, 9.17) is 4.42 Å². The van der Waals surface area contributed by atoms with E-state index in [1.165, 1.54) is 12.5 Å². The van der Waals surface area contributed by atoms with Crippen LogP contribution in [-0.4, -0.2) is 30.5 Å². The summed E-state index contributed by atoms with van der Waals surface area (Å²) < 4.78 is 4.92. The Morgan fingerprint density at radius 1 is 1.60 bits per heavy atom. The molecule has 1 unspecified atom stereocenters. The number of hydrogen-bond donors (Lipinski definition) is 1. The third kappa shape index (κ3) is 3.01. The van der Waals surface area contributed by atoms with E-state index in [9.17, 15) is 4.79 Å². The van der Waals surface area contributed by atoms with Crippen molar-refractivity contribution < 1.29 is 9.21 Å². The number of carbonyl (C=O) groups is 1. The SMILES string of the molecule is O=C(NCC1CCCN(c2nccs2)C1)c1ccoc1. The first kappa shape index (κ1) is 13.2. The first-order valence-electron chi connectivity index (χ1n) is 6.78. The van der Waals surface area contributed by atoms with Gasteiger partial charge in [0.1, 0.15) is 6.26 Å². The zero-order valence-electron chi connectivity index (χ0n) is 11.1. The number of anilines is 1. The smallest absolute Gasteiger partial charge is 0.254 e. The number of amides is 1. The Hall–Kier alpha value is -1.82. The van der Waals surface area contributed by atoms with Crippen molar-refractivity contribution in [1.82, 2.24) is 10.3 Å². The van der Waals surface area contributed by atoms with E-state index in [0.29, 0.717) is 18.0 Å². The second kappa shape index (κ2) is 6.09. The quantitative estimate of drug-likeness (QED) is 0.939. The van der Waals surface area contributed by atoms with Gasteiger partial charge in [-0.15, -0.1) is 11.3 Å². The monoisotopic (exact) mass is 291 g/mol. The number of aromatic nitrogens is 1. The fraction of sp³-hybridized carbons (Fsp3) is 0.429. The number of rotatable bonds is 4. The van der Waals surface area contributed by atoms with Crippen LogP contribution >= 0.6 is 11.3 Å². The standard InChI is InChI=1S/C14H17N3O2S/c18-13(12-3-6-19-10-12)16-8-11-2-1-5-17(9-11)14-15-4-7-20-14/h3-4,6-7,10-11H,1-2,5,8-9H2,(H,16,18). The molecule has 3 heterocycles. The average molecular weight is 291 g/mol. The topological polar surface area (TPSA) is 58.4 Å². The van der Waals surface area contributed by atoms with Gasteiger partial charge in [-0.1, -0.05) is 0 Å². The van der Waals surface area contributed by atoms with Crippen LogP contribution < -0.4 is 10.2 Å². The van der Waals surface area contributed by atoms with Gasteiger partial charge in [-0.05, 0) is 24.8 Å². The normalized spacial score (nSPS) is 19.0. The van der Waals surface area contributed by atoms with Crippen LogP contribution in [0.25, 0.3) is 0 Å². The highest BCUT2D eigenvalue weighted by atomic mass is 32.1. The first-order chi connectivity index (χ1) is 9.83. The Bertz CT molecular complexity index is 539. The molecule has 1 fully saturated rings. The summed E-state index contributed by atoms with van der Waals surface area (Å²) in [5.74, 6) is 0.411. The molecule has 0 aliphatic carbocycles. The fourth-order valence-corrected chi connectivity index (χ4v) is 3.19. The van der Waals surface area contributed by atoms with Gasteiger partial charge in [0.05, 0.1) is 11.8 Å². The molecule has 1 aliphatic rings. The van der Waals surface area contributed by atoms with Crippen LogP contribution in [0.3, 0.4) is 0 Å². The largest absolute Gasteiger partial charge is 0.472 e. The summed E-state index contributed by atoms with van der Waals surface area (Å²) in [7, 11) is 0. The molecule has 1 atom stereocenters. The van der Waals surface area contributed by atoms with E-state index in [1.807, 2.05) is 11.6 Å². The van der Waals surface area contributed by atoms with Crippen molar-refractivity contribution in [2.24, 2.45) is 5.92 Å². The lowest BCUT2D eigenvalue weighted by molar-refractivity contribution is 0.0945. The van der Waals surface area contributed by atoms with E-state index in [1.54, 1.807) is 17.4 Å². The van der Waals surface area contributed by atoms with Gasteiger partial charge in [0, 0.05) is 31.2 Å². The van der Waals surface area contributed by atoms with Gasteiger partial charge in [0.25, 0.3) is 5.91 Å². The summed E-state index contributed by atoms with van der Waals surface area (Å²) in [5.41, 5.74) is 0.581. The third-order valence-electron chi connectivity index (χ3n) is 3.54. The molecule has 6 heteroatoms. The Morgan fingerprint density at radius 3 is 3.30 bits per heavy atom. The maximum Gasteiger partial charge on any atom is 0.254 e. The van der Waals surface area contributed by atoms with E-state index >= 15 is 0 Å². The summed E-state index contributed by atoms with van der Waals surface area (Å²) in [5, 5.41) is 6.06. The van der Waals surface area contributed by atoms with Crippen molar-refractivity contribution in [2.75, 3.05) is 24.5 Å². The van der Waals surface area contributed by atoms with Gasteiger partial charge in [-0.3, -0.25) is 4.79 Å². The maximum atomic E-state index is 11.9. The number of thiazole rings is 1. The molecule has 0 spiro atoms. The molecule has 3 rings (SSSR count). The van der Waals surface area contributed by atoms with Crippen LogP contribution in [0.4, 0.5) is 5.13 Å². The molecule has 0 radical (unpaired) electrons. The molecular formula is C14H17N3O2S. The molecule has 20 heavy (non-hydrogen) atoms. The molecule has 0 saturated carbocycles. The second-order valence-electron chi connectivity index (χ2n) is 4.99. The van der Waals surface area contributed by atoms with Gasteiger partial charge in [-0.25, -0.2) is 4.98 Å². The lowest BCUT2D eigenvalue weighted by Gasteiger charge is -2.32. The molecule has 1 saturated heterocycles. The minimum atomic E-state index is -0.0647. The minimum absolute atomic E-state index is 0.0647. The van der Waals surface area contributed by atoms with Crippen LogP contribution in [0, 0.1) is 5.92 Å². The highest BCUT2D eigenvalue weighted by Gasteiger charge is 2.22. The van der Waals surface area contributed by atoms with E-state index in [-0.39, 0.29) is 5.91 Å². The minimum Gasteiger partial charge on any atom is -0.472 e. The summed E-state index contributed by atoms with van der Waals surface area (Å²) in [6, 6.07) is 1.68. The lowest BCUT2D eigenvalue weighted by Crippen LogP contribution is -2.40. The van der Waals surface area contributed by atoms with Crippen LogP contribution in [0.15, 0.2) is 34.6 Å². The third-order valence-corrected chi connectivity index (χ3v) is 4.38. The molecule has 1 aliphatic heterocycles. The van der Waals surface area contributed by atoms with Gasteiger partial charge in [-0.2, -0.15) is 0 Å². The van der Waals surface area contributed by atoms with Crippen molar-refractivity contribution in [2.45, 2.75) is 12.8 Å². The zero-order chi connectivity index (χ0) is 13.8. The molecule has 0 aromatic carbocycles. The fourth-order valence-electron chi connectivity index (χ4n) is 2.51. The number of carbonyl (C=O) groups excluding carboxylic acids is 1. The molecule has 106 valence electrons. The van der Waals surface area contributed by atoms with Crippen LogP contribution in [0.2, 0.25) is 0 Å². The van der Waals surface area contributed by atoms with Crippen molar-refractivity contribution in [3.05, 3.63) is 35.7 Å². The van der Waals surface area contributed by atoms with Crippen molar-refractivity contribution in [3.63, 3.8) is 0 Å². The van der Waals surface area contributed by atoms with Crippen LogP contribution in [0.1, 0.15) is 23.2 Å². The summed E-state index contributed by atoms with van der Waals surface area (Å²) in [6.45, 7) is 2.71. The van der Waals surface area contributed by atoms with E-state index in [2.05, 4.69) is 15.2 Å². The van der Waals surface area contributed by atoms with Crippen LogP contribution in [0.5, 0.6) is 0 Å². The number of furan rings is 1. The Morgan fingerprint density at radius 2 is 2.55 bits per heavy atom. The number of piperidine rings is 1. The Kier molecular flexibility index (Phi) is 4.01. The highest BCUT2D eigenvalue weighted by molar-refractivity contribution is 7.13. The van der Waals surface area contributed by atoms with Gasteiger partial charge in [0.2, 0.25) is 0 Å². The second-order valence-corrected chi connectivity index (χ2v) is 5.86. The van der Waals surface area contributed by atoms with Crippen LogP contribution in [-0.2, 0) is 0 Å². The van der Waals surface area contributed by atoms with Crippen molar-refractivity contribution in [3.8, 4) is 0 Å². The van der Waals surface area contributed by atoms with Gasteiger partial charge >= 0.3 is 0 Å². The Labute approximate surface area is 121 Å². The molecule has 1 N–H and O–H groups in total. The molecule has 0 bridgehead atoms. The average Bonchev–Trinajstić information content (AvgIpc) is 3.17. The van der Waals surface area contributed by atoms with Gasteiger partial charge in [0.15, 0.2) is 5.13 Å². The van der Waals surface area contributed by atoms with Crippen molar-refractivity contribution in [1.29, 1.82) is 0 Å². The number of nitrogens with one attached hydrogen (secondary N) is 1. The van der Waals surface area contributed by atoms with E-state index < -0.39 is 0 Å². The Balaban J connectivity index is 1.52. The first-order valence-corrected chi connectivity index (χ1v) is 7.66. The zero-order valence-corrected chi connectivity index (χ0v) is 11.9. The predicted molar refractivity (Wildman–Crippen MR) is 78.1 cm³/mol. The number of nitrogens with zero attached hydrogens (tertiary/aromatic N) is 2. The number of hydrogen-bond acceptors (Lipinski definition) is 5. The van der Waals surface area contributed by atoms with Gasteiger partial charge < -0.3 is 14.6 Å². The molecular weight excluding hydrogens is 274 g/mol. The van der Waals surface area contributed by atoms with E-state index in [0.717, 1.165) is 31.1 Å².